The van der Waals surface area contributed by atoms with Gasteiger partial charge in [0.15, 0.2) is 5.96 Å². The van der Waals surface area contributed by atoms with Crippen LogP contribution in [0.5, 0.6) is 0 Å². The van der Waals surface area contributed by atoms with E-state index in [9.17, 15) is 4.79 Å². The number of hydrogen-bond acceptors (Lipinski definition) is 3. The number of amides is 1. The van der Waals surface area contributed by atoms with Crippen molar-refractivity contribution in [3.8, 4) is 0 Å². The molecule has 0 radical (unpaired) electrons. The third kappa shape index (κ3) is 8.04. The van der Waals surface area contributed by atoms with Crippen LogP contribution in [0.4, 0.5) is 0 Å². The van der Waals surface area contributed by atoms with E-state index in [-0.39, 0.29) is 35.8 Å². The molecule has 1 aliphatic heterocycles. The zero-order valence-electron chi connectivity index (χ0n) is 16.8. The first-order valence-electron chi connectivity index (χ1n) is 9.48. The van der Waals surface area contributed by atoms with Crippen LogP contribution in [0.3, 0.4) is 0 Å². The molecule has 0 saturated carbocycles. The van der Waals surface area contributed by atoms with E-state index in [1.165, 1.54) is 11.1 Å². The van der Waals surface area contributed by atoms with Crippen LogP contribution in [0.2, 0.25) is 0 Å². The Morgan fingerprint density at radius 3 is 2.70 bits per heavy atom. The molecule has 0 bridgehead atoms. The van der Waals surface area contributed by atoms with Crippen molar-refractivity contribution in [2.75, 3.05) is 40.3 Å². The van der Waals surface area contributed by atoms with E-state index in [4.69, 9.17) is 5.73 Å². The molecule has 0 aliphatic carbocycles. The van der Waals surface area contributed by atoms with Gasteiger partial charge < -0.3 is 20.9 Å². The number of guanidine groups is 1. The smallest absolute Gasteiger partial charge is 0.221 e. The maximum absolute atomic E-state index is 11.4. The highest BCUT2D eigenvalue weighted by Crippen LogP contribution is 2.15. The standard InChI is InChI=1S/C20H33N5O.HI/c1-16-7-9-17(10-8-16)14-24(3)20(22-2)23-11-5-13-25-12-4-6-18(15-25)19(21)26;/h7-10,18H,4-6,11-15H2,1-3H3,(H2,21,26)(H,22,23);1H. The molecule has 27 heavy (non-hydrogen) atoms. The van der Waals surface area contributed by atoms with Crippen LogP contribution < -0.4 is 11.1 Å². The lowest BCUT2D eigenvalue weighted by atomic mass is 9.97. The number of halogens is 1. The van der Waals surface area contributed by atoms with E-state index in [1.807, 2.05) is 7.05 Å². The summed E-state index contributed by atoms with van der Waals surface area (Å²) in [6.07, 6.45) is 3.01. The average Bonchev–Trinajstić information content (AvgIpc) is 2.63. The lowest BCUT2D eigenvalue weighted by Gasteiger charge is -2.31. The summed E-state index contributed by atoms with van der Waals surface area (Å²) < 4.78 is 0. The normalized spacial score (nSPS) is 17.9. The molecule has 0 aromatic heterocycles. The molecule has 0 spiro atoms. The van der Waals surface area contributed by atoms with E-state index >= 15 is 0 Å². The van der Waals surface area contributed by atoms with Crippen LogP contribution in [-0.2, 0) is 11.3 Å². The first-order valence-corrected chi connectivity index (χ1v) is 9.48. The van der Waals surface area contributed by atoms with Crippen LogP contribution in [-0.4, -0.2) is 61.9 Å². The summed E-state index contributed by atoms with van der Waals surface area (Å²) in [4.78, 5) is 20.2. The Balaban J connectivity index is 0.00000364. The molecule has 3 N–H and O–H groups in total. The third-order valence-electron chi connectivity index (χ3n) is 4.96. The molecule has 1 heterocycles. The minimum atomic E-state index is -0.161. The molecule has 1 saturated heterocycles. The summed E-state index contributed by atoms with van der Waals surface area (Å²) in [5.41, 5.74) is 7.99. The number of rotatable bonds is 7. The molecule has 7 heteroatoms. The SMILES string of the molecule is CN=C(NCCCN1CCCC(C(N)=O)C1)N(C)Cc1ccc(C)cc1.I. The second-order valence-corrected chi connectivity index (χ2v) is 7.21. The third-order valence-corrected chi connectivity index (χ3v) is 4.96. The van der Waals surface area contributed by atoms with Gasteiger partial charge in [-0.25, -0.2) is 0 Å². The molecular formula is C20H34IN5O. The average molecular weight is 487 g/mol. The summed E-state index contributed by atoms with van der Waals surface area (Å²) in [7, 11) is 3.87. The summed E-state index contributed by atoms with van der Waals surface area (Å²) in [6, 6.07) is 8.59. The van der Waals surface area contributed by atoms with E-state index in [0.717, 1.165) is 57.9 Å². The minimum absolute atomic E-state index is 0. The first-order chi connectivity index (χ1) is 12.5. The molecule has 1 aromatic rings. The Labute approximate surface area is 180 Å². The monoisotopic (exact) mass is 487 g/mol. The van der Waals surface area contributed by atoms with Crippen LogP contribution in [0.1, 0.15) is 30.4 Å². The number of nitrogens with two attached hydrogens (primary N) is 1. The van der Waals surface area contributed by atoms with Crippen molar-refractivity contribution < 1.29 is 4.79 Å². The molecule has 1 aliphatic rings. The van der Waals surface area contributed by atoms with Gasteiger partial charge >= 0.3 is 0 Å². The Bertz CT molecular complexity index is 605. The van der Waals surface area contributed by atoms with Gasteiger partial charge in [0.05, 0.1) is 5.92 Å². The molecule has 1 fully saturated rings. The number of nitrogens with one attached hydrogen (secondary N) is 1. The fraction of sp³-hybridized carbons (Fsp3) is 0.600. The number of benzene rings is 1. The molecule has 6 nitrogen and oxygen atoms in total. The number of piperidine rings is 1. The Kier molecular flexibility index (Phi) is 10.7. The lowest BCUT2D eigenvalue weighted by Crippen LogP contribution is -2.43. The zero-order valence-corrected chi connectivity index (χ0v) is 19.1. The van der Waals surface area contributed by atoms with E-state index in [2.05, 4.69) is 58.3 Å². The summed E-state index contributed by atoms with van der Waals surface area (Å²) in [5, 5.41) is 3.43. The lowest BCUT2D eigenvalue weighted by molar-refractivity contribution is -0.123. The second kappa shape index (κ2) is 12.2. The van der Waals surface area contributed by atoms with Crippen LogP contribution in [0.15, 0.2) is 29.3 Å². The largest absolute Gasteiger partial charge is 0.369 e. The van der Waals surface area contributed by atoms with E-state index in [1.54, 1.807) is 0 Å². The minimum Gasteiger partial charge on any atom is -0.369 e. The molecule has 1 atom stereocenters. The fourth-order valence-corrected chi connectivity index (χ4v) is 3.42. The molecule has 152 valence electrons. The van der Waals surface area contributed by atoms with Crippen LogP contribution in [0.25, 0.3) is 0 Å². The highest BCUT2D eigenvalue weighted by Gasteiger charge is 2.23. The summed E-state index contributed by atoms with van der Waals surface area (Å²) >= 11 is 0. The zero-order chi connectivity index (χ0) is 18.9. The number of primary amides is 1. The van der Waals surface area contributed by atoms with Crippen molar-refractivity contribution in [1.29, 1.82) is 0 Å². The Hall–Kier alpha value is -1.35. The van der Waals surface area contributed by atoms with Crippen molar-refractivity contribution in [2.24, 2.45) is 16.6 Å². The fourth-order valence-electron chi connectivity index (χ4n) is 3.42. The van der Waals surface area contributed by atoms with Crippen LogP contribution >= 0.6 is 24.0 Å². The molecule has 2 rings (SSSR count). The number of aliphatic imine (C=N–C) groups is 1. The highest BCUT2D eigenvalue weighted by molar-refractivity contribution is 14.0. The predicted octanol–water partition coefficient (Wildman–Crippen LogP) is 2.21. The molecule has 1 amide bonds. The van der Waals surface area contributed by atoms with Crippen molar-refractivity contribution in [2.45, 2.75) is 32.7 Å². The van der Waals surface area contributed by atoms with Gasteiger partial charge in [0.25, 0.3) is 0 Å². The van der Waals surface area contributed by atoms with E-state index in [0.29, 0.717) is 0 Å². The van der Waals surface area contributed by atoms with Crippen molar-refractivity contribution in [1.82, 2.24) is 15.1 Å². The quantitative estimate of drug-likeness (QED) is 0.268. The maximum atomic E-state index is 11.4. The maximum Gasteiger partial charge on any atom is 0.221 e. The summed E-state index contributed by atoms with van der Waals surface area (Å²) in [6.45, 7) is 6.63. The van der Waals surface area contributed by atoms with E-state index < -0.39 is 0 Å². The number of aryl methyl sites for hydroxylation is 1. The van der Waals surface area contributed by atoms with Gasteiger partial charge in [-0.2, -0.15) is 0 Å². The first kappa shape index (κ1) is 23.7. The number of hydrogen-bond donors (Lipinski definition) is 2. The Morgan fingerprint density at radius 2 is 2.07 bits per heavy atom. The van der Waals surface area contributed by atoms with Gasteiger partial charge in [-0.1, -0.05) is 29.8 Å². The second-order valence-electron chi connectivity index (χ2n) is 7.21. The number of nitrogens with zero attached hydrogens (tertiary/aromatic N) is 3. The number of likely N-dealkylation sites (tertiary alicyclic amines) is 1. The summed E-state index contributed by atoms with van der Waals surface area (Å²) in [5.74, 6) is 0.760. The van der Waals surface area contributed by atoms with Gasteiger partial charge in [0.1, 0.15) is 0 Å². The predicted molar refractivity (Wildman–Crippen MR) is 122 cm³/mol. The Morgan fingerprint density at radius 1 is 1.37 bits per heavy atom. The number of carbonyl (C=O) groups excluding carboxylic acids is 1. The number of carbonyl (C=O) groups is 1. The van der Waals surface area contributed by atoms with Gasteiger partial charge in [0.2, 0.25) is 5.91 Å². The molecule has 1 aromatic carbocycles. The van der Waals surface area contributed by atoms with Crippen molar-refractivity contribution >= 4 is 35.8 Å². The van der Waals surface area contributed by atoms with Crippen LogP contribution in [0, 0.1) is 12.8 Å². The van der Waals surface area contributed by atoms with Gasteiger partial charge in [0, 0.05) is 33.7 Å². The van der Waals surface area contributed by atoms with Gasteiger partial charge in [-0.15, -0.1) is 24.0 Å². The van der Waals surface area contributed by atoms with Crippen molar-refractivity contribution in [3.05, 3.63) is 35.4 Å². The van der Waals surface area contributed by atoms with Gasteiger partial charge in [-0.3, -0.25) is 9.79 Å². The molecule has 1 unspecified atom stereocenters. The highest BCUT2D eigenvalue weighted by atomic mass is 127. The van der Waals surface area contributed by atoms with Gasteiger partial charge in [-0.05, 0) is 44.8 Å². The van der Waals surface area contributed by atoms with Crippen molar-refractivity contribution in [3.63, 3.8) is 0 Å². The topological polar surface area (TPSA) is 74.0 Å². The molecular weight excluding hydrogens is 453 g/mol.